The van der Waals surface area contributed by atoms with Gasteiger partial charge in [0.1, 0.15) is 17.6 Å². The summed E-state index contributed by atoms with van der Waals surface area (Å²) in [4.78, 5) is 15.7. The van der Waals surface area contributed by atoms with Crippen LogP contribution < -0.4 is 5.32 Å². The molecule has 0 spiro atoms. The molecule has 10 heteroatoms. The van der Waals surface area contributed by atoms with E-state index in [9.17, 15) is 18.5 Å². The molecule has 0 amide bonds. The molecule has 0 saturated carbocycles. The Morgan fingerprint density at radius 3 is 2.36 bits per heavy atom. The van der Waals surface area contributed by atoms with E-state index in [1.165, 1.54) is 16.4 Å². The summed E-state index contributed by atoms with van der Waals surface area (Å²) in [7, 11) is -1.95. The fourth-order valence-corrected chi connectivity index (χ4v) is 5.67. The lowest BCUT2D eigenvalue weighted by Crippen LogP contribution is -2.32. The maximum atomic E-state index is 13.2. The van der Waals surface area contributed by atoms with E-state index in [4.69, 9.17) is 0 Å². The average molecular weight is 470 g/mol. The molecule has 1 atom stereocenters. The Labute approximate surface area is 193 Å². The van der Waals surface area contributed by atoms with Crippen molar-refractivity contribution in [2.24, 2.45) is 7.05 Å². The fraction of sp³-hybridized carbons (Fsp3) is 0.348. The van der Waals surface area contributed by atoms with Gasteiger partial charge in [-0.15, -0.1) is 0 Å². The second-order valence-electron chi connectivity index (χ2n) is 8.14. The van der Waals surface area contributed by atoms with Gasteiger partial charge in [-0.2, -0.15) is 4.31 Å². The second-order valence-corrected chi connectivity index (χ2v) is 10.1. The molecule has 1 aromatic heterocycles. The molecule has 0 bridgehead atoms. The predicted molar refractivity (Wildman–Crippen MR) is 125 cm³/mol. The minimum atomic E-state index is -3.80. The van der Waals surface area contributed by atoms with Crippen molar-refractivity contribution in [3.63, 3.8) is 0 Å². The number of hydrogen-bond donors (Lipinski definition) is 1. The Bertz CT molecular complexity index is 1220. The zero-order chi connectivity index (χ0) is 23.4. The summed E-state index contributed by atoms with van der Waals surface area (Å²) in [6.07, 6.45) is 7.04. The number of imidazole rings is 1. The summed E-state index contributed by atoms with van der Waals surface area (Å²) >= 11 is 0. The van der Waals surface area contributed by atoms with Crippen LogP contribution in [0.4, 0.5) is 11.4 Å². The van der Waals surface area contributed by atoms with Gasteiger partial charge in [-0.1, -0.05) is 43.2 Å². The number of aryl methyl sites for hydroxylation is 1. The first-order valence-electron chi connectivity index (χ1n) is 11.0. The first-order valence-corrected chi connectivity index (χ1v) is 12.4. The van der Waals surface area contributed by atoms with Gasteiger partial charge in [-0.3, -0.25) is 10.1 Å². The highest BCUT2D eigenvalue weighted by atomic mass is 32.2. The van der Waals surface area contributed by atoms with Gasteiger partial charge in [0.05, 0.1) is 9.82 Å². The van der Waals surface area contributed by atoms with Crippen molar-refractivity contribution in [2.45, 2.75) is 36.6 Å². The van der Waals surface area contributed by atoms with Crippen LogP contribution in [0, 0.1) is 10.1 Å². The lowest BCUT2D eigenvalue weighted by Gasteiger charge is -2.22. The minimum Gasteiger partial charge on any atom is -0.366 e. The summed E-state index contributed by atoms with van der Waals surface area (Å²) in [6, 6.07) is 13.1. The minimum absolute atomic E-state index is 0.0603. The van der Waals surface area contributed by atoms with E-state index in [1.54, 1.807) is 12.4 Å². The van der Waals surface area contributed by atoms with Crippen LogP contribution in [-0.2, 0) is 17.1 Å². The monoisotopic (exact) mass is 469 g/mol. The van der Waals surface area contributed by atoms with Crippen LogP contribution in [0.15, 0.2) is 65.8 Å². The molecular weight excluding hydrogens is 442 g/mol. The normalized spacial score (nSPS) is 16.2. The van der Waals surface area contributed by atoms with Crippen LogP contribution in [0.3, 0.4) is 0 Å². The van der Waals surface area contributed by atoms with Gasteiger partial charge in [0, 0.05) is 38.6 Å². The maximum absolute atomic E-state index is 13.2. The molecule has 0 aliphatic carbocycles. The molecule has 9 nitrogen and oxygen atoms in total. The summed E-state index contributed by atoms with van der Waals surface area (Å²) in [6.45, 7) is 0.872. The lowest BCUT2D eigenvalue weighted by atomic mass is 10.1. The number of aromatic nitrogens is 2. The van der Waals surface area contributed by atoms with Gasteiger partial charge in [0.2, 0.25) is 10.0 Å². The first kappa shape index (κ1) is 22.9. The average Bonchev–Trinajstić information content (AvgIpc) is 3.05. The van der Waals surface area contributed by atoms with Crippen LogP contribution in [-0.4, -0.2) is 40.3 Å². The number of nitrogens with one attached hydrogen (secondary N) is 1. The Hall–Kier alpha value is -3.24. The summed E-state index contributed by atoms with van der Waals surface area (Å²) < 4.78 is 29.6. The smallest absolute Gasteiger partial charge is 0.293 e. The number of nitro benzene ring substituents is 1. The highest BCUT2D eigenvalue weighted by Gasteiger charge is 2.29. The SMILES string of the molecule is Cn1ccnc1C(Nc1ccc(S(=O)(=O)N2CCCCCC2)cc1[N+](=O)[O-])c1ccccc1. The van der Waals surface area contributed by atoms with E-state index in [1.807, 2.05) is 41.9 Å². The van der Waals surface area contributed by atoms with Crippen molar-refractivity contribution in [3.8, 4) is 0 Å². The number of hydrogen-bond acceptors (Lipinski definition) is 6. The lowest BCUT2D eigenvalue weighted by molar-refractivity contribution is -0.384. The van der Waals surface area contributed by atoms with Crippen molar-refractivity contribution in [1.82, 2.24) is 13.9 Å². The van der Waals surface area contributed by atoms with E-state index in [0.717, 1.165) is 37.3 Å². The molecule has 4 rings (SSSR count). The number of sulfonamides is 1. The molecule has 1 aliphatic rings. The van der Waals surface area contributed by atoms with Crippen LogP contribution in [0.1, 0.15) is 43.1 Å². The summed E-state index contributed by atoms with van der Waals surface area (Å²) in [5.41, 5.74) is 0.815. The molecule has 1 saturated heterocycles. The molecule has 174 valence electrons. The molecular formula is C23H27N5O4S. The third-order valence-corrected chi connectivity index (χ3v) is 7.81. The Morgan fingerprint density at radius 2 is 1.76 bits per heavy atom. The highest BCUT2D eigenvalue weighted by Crippen LogP contribution is 2.34. The third-order valence-electron chi connectivity index (χ3n) is 5.92. The van der Waals surface area contributed by atoms with E-state index in [-0.39, 0.29) is 16.3 Å². The molecule has 1 N–H and O–H groups in total. The molecule has 2 heterocycles. The van der Waals surface area contributed by atoms with Crippen LogP contribution >= 0.6 is 0 Å². The van der Waals surface area contributed by atoms with Gasteiger partial charge in [0.25, 0.3) is 5.69 Å². The van der Waals surface area contributed by atoms with Gasteiger partial charge in [0.15, 0.2) is 0 Å². The number of benzene rings is 2. The first-order chi connectivity index (χ1) is 15.9. The number of nitro groups is 1. The molecule has 2 aromatic carbocycles. The van der Waals surface area contributed by atoms with Crippen LogP contribution in [0.25, 0.3) is 0 Å². The molecule has 0 radical (unpaired) electrons. The van der Waals surface area contributed by atoms with Crippen molar-refractivity contribution < 1.29 is 13.3 Å². The summed E-state index contributed by atoms with van der Waals surface area (Å²) in [5, 5.41) is 15.2. The Kier molecular flexibility index (Phi) is 6.75. The highest BCUT2D eigenvalue weighted by molar-refractivity contribution is 7.89. The van der Waals surface area contributed by atoms with Gasteiger partial charge in [-0.05, 0) is 30.5 Å². The van der Waals surface area contributed by atoms with E-state index < -0.39 is 21.0 Å². The van der Waals surface area contributed by atoms with E-state index >= 15 is 0 Å². The molecule has 1 fully saturated rings. The van der Waals surface area contributed by atoms with Gasteiger partial charge < -0.3 is 9.88 Å². The largest absolute Gasteiger partial charge is 0.366 e. The zero-order valence-corrected chi connectivity index (χ0v) is 19.2. The van der Waals surface area contributed by atoms with Gasteiger partial charge >= 0.3 is 0 Å². The third kappa shape index (κ3) is 4.91. The predicted octanol–water partition coefficient (Wildman–Crippen LogP) is 4.09. The molecule has 1 aliphatic heterocycles. The van der Waals surface area contributed by atoms with Crippen LogP contribution in [0.2, 0.25) is 0 Å². The fourth-order valence-electron chi connectivity index (χ4n) is 4.13. The maximum Gasteiger partial charge on any atom is 0.293 e. The van der Waals surface area contributed by atoms with E-state index in [0.29, 0.717) is 18.9 Å². The standard InChI is InChI=1S/C23H27N5O4S/c1-26-16-13-24-23(26)22(18-9-5-4-6-10-18)25-20-12-11-19(17-21(20)28(29)30)33(31,32)27-14-7-2-3-8-15-27/h4-6,9-13,16-17,22,25H,2-3,7-8,14-15H2,1H3. The zero-order valence-electron chi connectivity index (χ0n) is 18.4. The van der Waals surface area contributed by atoms with Crippen molar-refractivity contribution in [1.29, 1.82) is 0 Å². The Balaban J connectivity index is 1.72. The van der Waals surface area contributed by atoms with Crippen molar-refractivity contribution in [2.75, 3.05) is 18.4 Å². The number of anilines is 1. The van der Waals surface area contributed by atoms with E-state index in [2.05, 4.69) is 10.3 Å². The van der Waals surface area contributed by atoms with Crippen LogP contribution in [0.5, 0.6) is 0 Å². The Morgan fingerprint density at radius 1 is 1.06 bits per heavy atom. The number of rotatable bonds is 7. The molecule has 33 heavy (non-hydrogen) atoms. The molecule has 1 unspecified atom stereocenters. The topological polar surface area (TPSA) is 110 Å². The number of nitrogens with zero attached hydrogens (tertiary/aromatic N) is 4. The van der Waals surface area contributed by atoms with Crippen molar-refractivity contribution in [3.05, 3.63) is 82.4 Å². The summed E-state index contributed by atoms with van der Waals surface area (Å²) in [5.74, 6) is 0.678. The quantitative estimate of drug-likeness (QED) is 0.412. The van der Waals surface area contributed by atoms with Crippen molar-refractivity contribution >= 4 is 21.4 Å². The second kappa shape index (κ2) is 9.72. The van der Waals surface area contributed by atoms with Gasteiger partial charge in [-0.25, -0.2) is 13.4 Å². The molecule has 3 aromatic rings.